The number of hydrogen-bond donors (Lipinski definition) is 1. The van der Waals surface area contributed by atoms with E-state index in [1.54, 1.807) is 0 Å². The Morgan fingerprint density at radius 2 is 1.39 bits per heavy atom. The molecular formula is C37H33N. The molecule has 0 radical (unpaired) electrons. The third-order valence-electron chi connectivity index (χ3n) is 8.81. The van der Waals surface area contributed by atoms with E-state index < -0.39 is 0 Å². The second-order valence-corrected chi connectivity index (χ2v) is 11.0. The number of anilines is 2. The molecule has 1 heteroatoms. The Bertz CT molecular complexity index is 1720. The van der Waals surface area contributed by atoms with E-state index in [-0.39, 0.29) is 5.41 Å². The zero-order chi connectivity index (χ0) is 25.7. The molecule has 0 heterocycles. The number of allylic oxidation sites excluding steroid dienone is 1. The van der Waals surface area contributed by atoms with Gasteiger partial charge in [-0.2, -0.15) is 0 Å². The fraction of sp³-hybridized carbons (Fsp3) is 0.189. The van der Waals surface area contributed by atoms with Gasteiger partial charge in [-0.15, -0.1) is 0 Å². The lowest BCUT2D eigenvalue weighted by molar-refractivity contribution is 0.550. The minimum absolute atomic E-state index is 0.191. The molecule has 7 rings (SSSR count). The molecule has 0 bridgehead atoms. The molecule has 1 nitrogen and oxygen atoms in total. The van der Waals surface area contributed by atoms with E-state index in [0.29, 0.717) is 0 Å². The number of aryl methyl sites for hydroxylation is 1. The van der Waals surface area contributed by atoms with Crippen molar-refractivity contribution in [3.05, 3.63) is 125 Å². The quantitative estimate of drug-likeness (QED) is 0.264. The van der Waals surface area contributed by atoms with Crippen LogP contribution in [-0.2, 0) is 5.41 Å². The van der Waals surface area contributed by atoms with Crippen LogP contribution in [0.3, 0.4) is 0 Å². The lowest BCUT2D eigenvalue weighted by atomic mass is 9.77. The summed E-state index contributed by atoms with van der Waals surface area (Å²) in [6.45, 7) is 4.30. The molecular weight excluding hydrogens is 458 g/mol. The monoisotopic (exact) mass is 491 g/mol. The van der Waals surface area contributed by atoms with E-state index in [1.165, 1.54) is 86.7 Å². The third kappa shape index (κ3) is 3.53. The maximum Gasteiger partial charge on any atom is 0.0390 e. The Labute approximate surface area is 225 Å². The largest absolute Gasteiger partial charge is 0.356 e. The van der Waals surface area contributed by atoms with E-state index >= 15 is 0 Å². The van der Waals surface area contributed by atoms with E-state index in [4.69, 9.17) is 0 Å². The molecule has 0 saturated heterocycles. The number of fused-ring (bicyclic) bond motifs is 6. The second-order valence-electron chi connectivity index (χ2n) is 11.0. The molecule has 0 aliphatic heterocycles. The number of nitrogens with one attached hydrogen (secondary N) is 1. The van der Waals surface area contributed by atoms with Gasteiger partial charge in [-0.1, -0.05) is 97.8 Å². The molecule has 0 amide bonds. The Morgan fingerprint density at radius 1 is 0.658 bits per heavy atom. The summed E-state index contributed by atoms with van der Waals surface area (Å²) in [5.41, 5.74) is 13.5. The van der Waals surface area contributed by atoms with Crippen LogP contribution < -0.4 is 5.32 Å². The van der Waals surface area contributed by atoms with Crippen molar-refractivity contribution in [2.24, 2.45) is 0 Å². The summed E-state index contributed by atoms with van der Waals surface area (Å²) in [5.74, 6) is 0. The normalized spacial score (nSPS) is 15.3. The summed E-state index contributed by atoms with van der Waals surface area (Å²) in [7, 11) is 0. The van der Waals surface area contributed by atoms with Gasteiger partial charge in [0.2, 0.25) is 0 Å². The minimum Gasteiger partial charge on any atom is -0.356 e. The first-order chi connectivity index (χ1) is 18.7. The predicted molar refractivity (Wildman–Crippen MR) is 163 cm³/mol. The van der Waals surface area contributed by atoms with Gasteiger partial charge in [0, 0.05) is 16.8 Å². The maximum atomic E-state index is 3.76. The highest BCUT2D eigenvalue weighted by molar-refractivity contribution is 6.02. The molecule has 5 aromatic rings. The summed E-state index contributed by atoms with van der Waals surface area (Å²) in [4.78, 5) is 0. The van der Waals surface area contributed by atoms with Crippen LogP contribution in [-0.4, -0.2) is 0 Å². The van der Waals surface area contributed by atoms with Crippen LogP contribution in [0.4, 0.5) is 11.4 Å². The minimum atomic E-state index is 0.191. The van der Waals surface area contributed by atoms with Gasteiger partial charge in [-0.3, -0.25) is 0 Å². The van der Waals surface area contributed by atoms with E-state index in [2.05, 4.69) is 128 Å². The molecule has 0 atom stereocenters. The SMILES string of the molecule is C/C=C\c1c(C)cc(-c2cccc(Nc3ccc4c(c3)C3(CCCC3)c3ccccc3-4)c2)c2ccccc12. The smallest absolute Gasteiger partial charge is 0.0390 e. The number of rotatable bonds is 4. The van der Waals surface area contributed by atoms with Crippen LogP contribution in [0.5, 0.6) is 0 Å². The molecule has 1 N–H and O–H groups in total. The second kappa shape index (κ2) is 9.03. The summed E-state index contributed by atoms with van der Waals surface area (Å²) >= 11 is 0. The fourth-order valence-corrected chi connectivity index (χ4v) is 7.15. The Kier molecular flexibility index (Phi) is 5.48. The summed E-state index contributed by atoms with van der Waals surface area (Å²) in [6.07, 6.45) is 9.49. The van der Waals surface area contributed by atoms with Crippen molar-refractivity contribution in [2.75, 3.05) is 5.32 Å². The van der Waals surface area contributed by atoms with Gasteiger partial charge in [0.25, 0.3) is 0 Å². The maximum absolute atomic E-state index is 3.76. The summed E-state index contributed by atoms with van der Waals surface area (Å²) in [5, 5.41) is 6.36. The van der Waals surface area contributed by atoms with Gasteiger partial charge in [-0.25, -0.2) is 0 Å². The van der Waals surface area contributed by atoms with Gasteiger partial charge >= 0.3 is 0 Å². The van der Waals surface area contributed by atoms with Crippen LogP contribution in [0.1, 0.15) is 54.9 Å². The van der Waals surface area contributed by atoms with Gasteiger partial charge in [0.15, 0.2) is 0 Å². The standard InChI is InChI=1S/C37H33N/c1-3-11-29-25(2)22-34(31-15-5-4-14-30(29)31)26-12-10-13-27(23-26)38-28-18-19-33-32-16-6-7-17-35(32)37(36(33)24-28)20-8-9-21-37/h3-7,10-19,22-24,38H,8-9,20-21H2,1-2H3/b11-3-. The Morgan fingerprint density at radius 3 is 2.24 bits per heavy atom. The molecule has 1 spiro atoms. The van der Waals surface area contributed by atoms with Crippen molar-refractivity contribution in [2.45, 2.75) is 44.9 Å². The van der Waals surface area contributed by atoms with Gasteiger partial charge in [-0.05, 0) is 106 Å². The first kappa shape index (κ1) is 23.0. The van der Waals surface area contributed by atoms with Crippen molar-refractivity contribution in [1.82, 2.24) is 0 Å². The lowest BCUT2D eigenvalue weighted by Gasteiger charge is -2.27. The fourth-order valence-electron chi connectivity index (χ4n) is 7.15. The first-order valence-corrected chi connectivity index (χ1v) is 13.9. The van der Waals surface area contributed by atoms with Gasteiger partial charge < -0.3 is 5.32 Å². The molecule has 0 aromatic heterocycles. The highest BCUT2D eigenvalue weighted by Crippen LogP contribution is 2.57. The van der Waals surface area contributed by atoms with Crippen LogP contribution in [0.25, 0.3) is 39.1 Å². The van der Waals surface area contributed by atoms with E-state index in [1.807, 2.05) is 0 Å². The molecule has 5 aromatic carbocycles. The lowest BCUT2D eigenvalue weighted by Crippen LogP contribution is -2.20. The topological polar surface area (TPSA) is 12.0 Å². The molecule has 38 heavy (non-hydrogen) atoms. The van der Waals surface area contributed by atoms with Crippen LogP contribution in [0.15, 0.2) is 103 Å². The number of hydrogen-bond acceptors (Lipinski definition) is 1. The summed E-state index contributed by atoms with van der Waals surface area (Å²) < 4.78 is 0. The Hall–Kier alpha value is -4.10. The molecule has 0 unspecified atom stereocenters. The van der Waals surface area contributed by atoms with Crippen molar-refractivity contribution in [3.8, 4) is 22.3 Å². The molecule has 186 valence electrons. The zero-order valence-corrected chi connectivity index (χ0v) is 22.2. The highest BCUT2D eigenvalue weighted by Gasteiger charge is 2.44. The van der Waals surface area contributed by atoms with Gasteiger partial charge in [0.1, 0.15) is 0 Å². The van der Waals surface area contributed by atoms with Crippen LogP contribution >= 0.6 is 0 Å². The van der Waals surface area contributed by atoms with Crippen molar-refractivity contribution in [1.29, 1.82) is 0 Å². The van der Waals surface area contributed by atoms with E-state index in [0.717, 1.165) is 5.69 Å². The van der Waals surface area contributed by atoms with Crippen molar-refractivity contribution in [3.63, 3.8) is 0 Å². The average Bonchev–Trinajstić information content (AvgIpc) is 3.55. The highest BCUT2D eigenvalue weighted by atomic mass is 14.9. The van der Waals surface area contributed by atoms with Crippen molar-refractivity contribution >= 4 is 28.2 Å². The molecule has 2 aliphatic carbocycles. The summed E-state index contributed by atoms with van der Waals surface area (Å²) in [6, 6.07) is 36.1. The third-order valence-corrected chi connectivity index (χ3v) is 8.81. The molecule has 1 fully saturated rings. The number of benzene rings is 5. The van der Waals surface area contributed by atoms with Crippen LogP contribution in [0.2, 0.25) is 0 Å². The zero-order valence-electron chi connectivity index (χ0n) is 22.2. The predicted octanol–water partition coefficient (Wildman–Crippen LogP) is 10.4. The average molecular weight is 492 g/mol. The van der Waals surface area contributed by atoms with E-state index in [9.17, 15) is 0 Å². The van der Waals surface area contributed by atoms with Crippen molar-refractivity contribution < 1.29 is 0 Å². The molecule has 1 saturated carbocycles. The van der Waals surface area contributed by atoms with Crippen LogP contribution in [0, 0.1) is 6.92 Å². The first-order valence-electron chi connectivity index (χ1n) is 13.9. The molecule has 2 aliphatic rings. The Balaban J connectivity index is 1.28. The van der Waals surface area contributed by atoms with Gasteiger partial charge in [0.05, 0.1) is 0 Å².